The smallest absolute Gasteiger partial charge is 0.0553 e. The van der Waals surface area contributed by atoms with Crippen molar-refractivity contribution in [3.63, 3.8) is 0 Å². The van der Waals surface area contributed by atoms with Gasteiger partial charge in [-0.25, -0.2) is 0 Å². The first-order valence-electron chi connectivity index (χ1n) is 7.66. The van der Waals surface area contributed by atoms with Crippen LogP contribution in [-0.2, 0) is 0 Å². The monoisotopic (exact) mass is 298 g/mol. The molecule has 1 atom stereocenters. The Kier molecular flexibility index (Phi) is 4.51. The summed E-state index contributed by atoms with van der Waals surface area (Å²) in [6.07, 6.45) is 1.17. The molecule has 3 heteroatoms. The van der Waals surface area contributed by atoms with Crippen molar-refractivity contribution in [3.05, 3.63) is 48.5 Å². The zero-order chi connectivity index (χ0) is 14.7. The second-order valence-electron chi connectivity index (χ2n) is 5.45. The molecule has 1 heterocycles. The number of nitrogens with zero attached hydrogens (tertiary/aromatic N) is 1. The van der Waals surface area contributed by atoms with E-state index in [0.717, 1.165) is 13.1 Å². The molecule has 1 N–H and O–H groups in total. The fourth-order valence-electron chi connectivity index (χ4n) is 2.59. The van der Waals surface area contributed by atoms with Crippen molar-refractivity contribution in [2.75, 3.05) is 18.0 Å². The highest BCUT2D eigenvalue weighted by Gasteiger charge is 2.22. The number of para-hydroxylation sites is 2. The Morgan fingerprint density at radius 3 is 2.14 bits per heavy atom. The molecule has 0 aromatic heterocycles. The Morgan fingerprint density at radius 2 is 1.57 bits per heavy atom. The van der Waals surface area contributed by atoms with Crippen LogP contribution in [0.2, 0.25) is 0 Å². The molecule has 0 saturated heterocycles. The van der Waals surface area contributed by atoms with E-state index in [1.54, 1.807) is 0 Å². The maximum Gasteiger partial charge on any atom is 0.0553 e. The number of hydrogen-bond donors (Lipinski definition) is 1. The lowest BCUT2D eigenvalue weighted by molar-refractivity contribution is 0.539. The van der Waals surface area contributed by atoms with Crippen LogP contribution >= 0.6 is 11.8 Å². The van der Waals surface area contributed by atoms with Crippen molar-refractivity contribution in [1.82, 2.24) is 5.32 Å². The van der Waals surface area contributed by atoms with Crippen LogP contribution in [0.5, 0.6) is 0 Å². The van der Waals surface area contributed by atoms with E-state index in [1.165, 1.54) is 27.6 Å². The van der Waals surface area contributed by atoms with E-state index < -0.39 is 0 Å². The Bertz CT molecular complexity index is 566. The van der Waals surface area contributed by atoms with Crippen LogP contribution in [0.25, 0.3) is 0 Å². The first-order valence-corrected chi connectivity index (χ1v) is 8.48. The normalized spacial score (nSPS) is 14.5. The molecule has 0 amide bonds. The number of fused-ring (bicyclic) bond motifs is 2. The molecule has 0 saturated carbocycles. The minimum absolute atomic E-state index is 0.578. The molecule has 0 spiro atoms. The third-order valence-corrected chi connectivity index (χ3v) is 5.10. The number of nitrogens with one attached hydrogen (secondary N) is 1. The quantitative estimate of drug-likeness (QED) is 0.863. The van der Waals surface area contributed by atoms with Gasteiger partial charge in [-0.3, -0.25) is 0 Å². The molecule has 1 unspecified atom stereocenters. The molecule has 0 radical (unpaired) electrons. The molecule has 0 aliphatic carbocycles. The highest BCUT2D eigenvalue weighted by molar-refractivity contribution is 7.99. The van der Waals surface area contributed by atoms with Gasteiger partial charge in [0.25, 0.3) is 0 Å². The Balaban J connectivity index is 1.84. The van der Waals surface area contributed by atoms with Crippen LogP contribution in [0.3, 0.4) is 0 Å². The zero-order valence-electron chi connectivity index (χ0n) is 12.7. The first kappa shape index (κ1) is 14.5. The molecule has 2 aromatic carbocycles. The van der Waals surface area contributed by atoms with Gasteiger partial charge in [-0.1, -0.05) is 43.0 Å². The van der Waals surface area contributed by atoms with E-state index in [9.17, 15) is 0 Å². The summed E-state index contributed by atoms with van der Waals surface area (Å²) in [6, 6.07) is 17.9. The minimum Gasteiger partial charge on any atom is -0.338 e. The second kappa shape index (κ2) is 6.54. The summed E-state index contributed by atoms with van der Waals surface area (Å²) in [5.74, 6) is 0. The standard InChI is InChI=1S/C18H22N2S/c1-3-14(2)19-12-13-20-15-8-4-6-10-17(15)21-18-11-7-5-9-16(18)20/h4-11,14,19H,3,12-13H2,1-2H3. The third-order valence-electron chi connectivity index (χ3n) is 3.97. The van der Waals surface area contributed by atoms with Gasteiger partial charge in [-0.15, -0.1) is 0 Å². The molecule has 2 aromatic rings. The highest BCUT2D eigenvalue weighted by atomic mass is 32.2. The maximum atomic E-state index is 3.59. The molecule has 0 bridgehead atoms. The highest BCUT2D eigenvalue weighted by Crippen LogP contribution is 2.47. The van der Waals surface area contributed by atoms with Crippen molar-refractivity contribution in [1.29, 1.82) is 0 Å². The van der Waals surface area contributed by atoms with Gasteiger partial charge in [0.1, 0.15) is 0 Å². The molecule has 2 nitrogen and oxygen atoms in total. The van der Waals surface area contributed by atoms with Crippen LogP contribution < -0.4 is 10.2 Å². The van der Waals surface area contributed by atoms with Gasteiger partial charge in [-0.05, 0) is 37.6 Å². The number of hydrogen-bond acceptors (Lipinski definition) is 3. The van der Waals surface area contributed by atoms with E-state index in [0.29, 0.717) is 6.04 Å². The van der Waals surface area contributed by atoms with Gasteiger partial charge >= 0.3 is 0 Å². The van der Waals surface area contributed by atoms with Crippen LogP contribution in [0, 0.1) is 0 Å². The summed E-state index contributed by atoms with van der Waals surface area (Å²) in [4.78, 5) is 5.13. The molecule has 1 aliphatic heterocycles. The van der Waals surface area contributed by atoms with Gasteiger partial charge < -0.3 is 10.2 Å². The zero-order valence-corrected chi connectivity index (χ0v) is 13.5. The summed E-state index contributed by atoms with van der Waals surface area (Å²) in [6.45, 7) is 6.47. The van der Waals surface area contributed by atoms with Crippen molar-refractivity contribution in [2.45, 2.75) is 36.1 Å². The van der Waals surface area contributed by atoms with Gasteiger partial charge in [0.2, 0.25) is 0 Å². The lowest BCUT2D eigenvalue weighted by Crippen LogP contribution is -2.34. The van der Waals surface area contributed by atoms with Gasteiger partial charge in [0.05, 0.1) is 11.4 Å². The topological polar surface area (TPSA) is 15.3 Å². The Morgan fingerprint density at radius 1 is 1.00 bits per heavy atom. The lowest BCUT2D eigenvalue weighted by Gasteiger charge is -2.33. The predicted octanol–water partition coefficient (Wildman–Crippen LogP) is 4.68. The van der Waals surface area contributed by atoms with E-state index in [2.05, 4.69) is 72.6 Å². The molecular formula is C18H22N2S. The predicted molar refractivity (Wildman–Crippen MR) is 91.8 cm³/mol. The first-order chi connectivity index (χ1) is 10.3. The van der Waals surface area contributed by atoms with Gasteiger partial charge in [0, 0.05) is 28.9 Å². The second-order valence-corrected chi connectivity index (χ2v) is 6.54. The summed E-state index contributed by atoms with van der Waals surface area (Å²) >= 11 is 1.87. The number of rotatable bonds is 5. The van der Waals surface area contributed by atoms with E-state index in [-0.39, 0.29) is 0 Å². The van der Waals surface area contributed by atoms with Crippen LogP contribution in [0.15, 0.2) is 58.3 Å². The summed E-state index contributed by atoms with van der Waals surface area (Å²) in [7, 11) is 0. The fourth-order valence-corrected chi connectivity index (χ4v) is 3.68. The minimum atomic E-state index is 0.578. The van der Waals surface area contributed by atoms with Gasteiger partial charge in [0.15, 0.2) is 0 Å². The Hall–Kier alpha value is -1.45. The van der Waals surface area contributed by atoms with Gasteiger partial charge in [-0.2, -0.15) is 0 Å². The van der Waals surface area contributed by atoms with Crippen LogP contribution in [-0.4, -0.2) is 19.1 Å². The van der Waals surface area contributed by atoms with E-state index in [4.69, 9.17) is 0 Å². The van der Waals surface area contributed by atoms with Crippen LogP contribution in [0.4, 0.5) is 11.4 Å². The van der Waals surface area contributed by atoms with E-state index >= 15 is 0 Å². The Labute approximate surface area is 131 Å². The molecule has 0 fully saturated rings. The fraction of sp³-hybridized carbons (Fsp3) is 0.333. The van der Waals surface area contributed by atoms with Crippen molar-refractivity contribution in [3.8, 4) is 0 Å². The lowest BCUT2D eigenvalue weighted by atomic mass is 10.2. The summed E-state index contributed by atoms with van der Waals surface area (Å²) < 4.78 is 0. The van der Waals surface area contributed by atoms with Crippen molar-refractivity contribution >= 4 is 23.1 Å². The van der Waals surface area contributed by atoms with Crippen LogP contribution in [0.1, 0.15) is 20.3 Å². The SMILES string of the molecule is CCC(C)NCCN1c2ccccc2Sc2ccccc21. The summed E-state index contributed by atoms with van der Waals surface area (Å²) in [5.41, 5.74) is 2.65. The van der Waals surface area contributed by atoms with Crippen molar-refractivity contribution < 1.29 is 0 Å². The molecular weight excluding hydrogens is 276 g/mol. The summed E-state index contributed by atoms with van der Waals surface area (Å²) in [5, 5.41) is 3.59. The maximum absolute atomic E-state index is 3.59. The molecule has 110 valence electrons. The number of benzene rings is 2. The number of anilines is 2. The molecule has 1 aliphatic rings. The van der Waals surface area contributed by atoms with E-state index in [1.807, 2.05) is 11.8 Å². The largest absolute Gasteiger partial charge is 0.338 e. The van der Waals surface area contributed by atoms with Crippen molar-refractivity contribution in [2.24, 2.45) is 0 Å². The molecule has 3 rings (SSSR count). The average Bonchev–Trinajstić information content (AvgIpc) is 2.54. The molecule has 21 heavy (non-hydrogen) atoms. The third kappa shape index (κ3) is 3.09. The average molecular weight is 298 g/mol.